The molecule has 148 valence electrons. The summed E-state index contributed by atoms with van der Waals surface area (Å²) in [5, 5.41) is 13.4. The van der Waals surface area contributed by atoms with Crippen LogP contribution in [-0.2, 0) is 0 Å². The van der Waals surface area contributed by atoms with Crippen molar-refractivity contribution in [2.75, 3.05) is 11.9 Å². The van der Waals surface area contributed by atoms with Gasteiger partial charge in [0.05, 0.1) is 23.2 Å². The summed E-state index contributed by atoms with van der Waals surface area (Å²) in [5.74, 6) is 0.827. The molecule has 4 rings (SSSR count). The third-order valence-corrected chi connectivity index (χ3v) is 4.93. The highest BCUT2D eigenvalue weighted by atomic mass is 16.5. The van der Waals surface area contributed by atoms with Gasteiger partial charge in [0.1, 0.15) is 17.5 Å². The number of hydrogen-bond acceptors (Lipinski definition) is 5. The number of aromatic nitrogens is 2. The fraction of sp³-hybridized carbons (Fsp3) is 0.160. The summed E-state index contributed by atoms with van der Waals surface area (Å²) in [5.41, 5.74) is 7.37. The van der Waals surface area contributed by atoms with Crippen molar-refractivity contribution in [1.29, 1.82) is 5.26 Å². The van der Waals surface area contributed by atoms with Gasteiger partial charge in [-0.1, -0.05) is 18.2 Å². The average Bonchev–Trinajstić information content (AvgIpc) is 2.76. The summed E-state index contributed by atoms with van der Waals surface area (Å²) < 4.78 is 5.88. The minimum atomic E-state index is 0.414. The van der Waals surface area contributed by atoms with E-state index in [1.54, 1.807) is 12.3 Å². The Bertz CT molecular complexity index is 1240. The van der Waals surface area contributed by atoms with Crippen molar-refractivity contribution < 1.29 is 4.74 Å². The Kier molecular flexibility index (Phi) is 5.32. The van der Waals surface area contributed by atoms with E-state index in [0.717, 1.165) is 50.4 Å². The Morgan fingerprint density at radius 2 is 1.77 bits per heavy atom. The van der Waals surface area contributed by atoms with Gasteiger partial charge >= 0.3 is 0 Å². The van der Waals surface area contributed by atoms with Gasteiger partial charge in [-0.15, -0.1) is 0 Å². The van der Waals surface area contributed by atoms with E-state index >= 15 is 0 Å². The van der Waals surface area contributed by atoms with Crippen molar-refractivity contribution in [2.45, 2.75) is 20.8 Å². The summed E-state index contributed by atoms with van der Waals surface area (Å²) in [6, 6.07) is 19.9. The largest absolute Gasteiger partial charge is 0.493 e. The molecule has 0 saturated carbocycles. The number of nitriles is 1. The van der Waals surface area contributed by atoms with E-state index in [2.05, 4.69) is 17.2 Å². The Labute approximate surface area is 176 Å². The quantitative estimate of drug-likeness (QED) is 0.454. The fourth-order valence-corrected chi connectivity index (χ4v) is 3.48. The lowest BCUT2D eigenvalue weighted by molar-refractivity contribution is 0.344. The number of rotatable bonds is 5. The van der Waals surface area contributed by atoms with Gasteiger partial charge < -0.3 is 10.1 Å². The second-order valence-electron chi connectivity index (χ2n) is 7.09. The lowest BCUT2D eigenvalue weighted by Gasteiger charge is -2.16. The Morgan fingerprint density at radius 3 is 2.43 bits per heavy atom. The maximum absolute atomic E-state index is 8.91. The summed E-state index contributed by atoms with van der Waals surface area (Å²) in [6.45, 7) is 6.64. The lowest BCUT2D eigenvalue weighted by Crippen LogP contribution is -2.00. The Hall–Kier alpha value is -3.91. The van der Waals surface area contributed by atoms with Gasteiger partial charge in [-0.2, -0.15) is 5.26 Å². The number of hydrogen-bond donors (Lipinski definition) is 1. The average molecular weight is 394 g/mol. The number of ether oxygens (including phenoxy) is 1. The van der Waals surface area contributed by atoms with E-state index in [4.69, 9.17) is 15.0 Å². The van der Waals surface area contributed by atoms with Crippen LogP contribution in [0.4, 0.5) is 11.4 Å². The van der Waals surface area contributed by atoms with Gasteiger partial charge in [0.25, 0.3) is 0 Å². The third kappa shape index (κ3) is 3.81. The maximum Gasteiger partial charge on any atom is 0.140 e. The molecule has 0 amide bonds. The summed E-state index contributed by atoms with van der Waals surface area (Å²) in [6.07, 6.45) is 1.72. The topological polar surface area (TPSA) is 70.8 Å². The second kappa shape index (κ2) is 8.22. The predicted molar refractivity (Wildman–Crippen MR) is 120 cm³/mol. The molecule has 0 saturated heterocycles. The molecule has 5 nitrogen and oxygen atoms in total. The molecule has 2 heterocycles. The van der Waals surface area contributed by atoms with E-state index in [1.807, 2.05) is 68.4 Å². The summed E-state index contributed by atoms with van der Waals surface area (Å²) >= 11 is 0. The highest BCUT2D eigenvalue weighted by molar-refractivity contribution is 5.99. The molecule has 0 spiro atoms. The molecule has 2 aromatic heterocycles. The first-order chi connectivity index (χ1) is 14.6. The molecule has 30 heavy (non-hydrogen) atoms. The molecule has 0 aliphatic carbocycles. The monoisotopic (exact) mass is 394 g/mol. The van der Waals surface area contributed by atoms with Crippen molar-refractivity contribution in [1.82, 2.24) is 9.97 Å². The maximum atomic E-state index is 8.91. The number of benzene rings is 2. The van der Waals surface area contributed by atoms with Gasteiger partial charge in [-0.3, -0.25) is 4.98 Å². The van der Waals surface area contributed by atoms with Crippen LogP contribution in [0, 0.1) is 25.2 Å². The van der Waals surface area contributed by atoms with Crippen LogP contribution < -0.4 is 10.1 Å². The zero-order valence-electron chi connectivity index (χ0n) is 17.2. The zero-order chi connectivity index (χ0) is 21.1. The number of nitrogens with one attached hydrogen (secondary N) is 1. The van der Waals surface area contributed by atoms with Gasteiger partial charge in [-0.25, -0.2) is 4.98 Å². The van der Waals surface area contributed by atoms with E-state index in [1.165, 1.54) is 0 Å². The molecule has 0 radical (unpaired) electrons. The molecule has 0 atom stereocenters. The molecule has 2 aromatic carbocycles. The lowest BCUT2D eigenvalue weighted by atomic mass is 10.1. The van der Waals surface area contributed by atoms with Crippen LogP contribution in [0.15, 0.2) is 60.8 Å². The van der Waals surface area contributed by atoms with E-state index in [-0.39, 0.29) is 0 Å². The molecule has 0 fully saturated rings. The molecule has 0 unspecified atom stereocenters. The van der Waals surface area contributed by atoms with Crippen LogP contribution in [0.1, 0.15) is 23.9 Å². The van der Waals surface area contributed by atoms with Crippen LogP contribution in [-0.4, -0.2) is 16.6 Å². The standard InChI is InChI=1S/C25H22N4O/c1-4-30-23-12-5-16(2)25-24(23)22(13-17(3)28-25)29-20-9-6-18(7-10-20)19-8-11-21(14-26)27-15-19/h5-13,15H,4H2,1-3H3,(H,28,29). The van der Waals surface area contributed by atoms with Crippen LogP contribution in [0.3, 0.4) is 0 Å². The zero-order valence-corrected chi connectivity index (χ0v) is 17.2. The van der Waals surface area contributed by atoms with Crippen LogP contribution in [0.2, 0.25) is 0 Å². The fourth-order valence-electron chi connectivity index (χ4n) is 3.48. The molecule has 0 aliphatic rings. The normalized spacial score (nSPS) is 10.6. The van der Waals surface area contributed by atoms with Crippen molar-refractivity contribution in [3.8, 4) is 22.9 Å². The molecular weight excluding hydrogens is 372 g/mol. The molecule has 0 bridgehead atoms. The highest BCUT2D eigenvalue weighted by Gasteiger charge is 2.13. The van der Waals surface area contributed by atoms with Crippen molar-refractivity contribution >= 4 is 22.3 Å². The first-order valence-electron chi connectivity index (χ1n) is 9.86. The van der Waals surface area contributed by atoms with E-state index in [0.29, 0.717) is 12.3 Å². The number of fused-ring (bicyclic) bond motifs is 1. The van der Waals surface area contributed by atoms with Gasteiger partial charge in [0.15, 0.2) is 0 Å². The van der Waals surface area contributed by atoms with Crippen LogP contribution >= 0.6 is 0 Å². The number of nitrogens with zero attached hydrogens (tertiary/aromatic N) is 3. The van der Waals surface area contributed by atoms with Crippen molar-refractivity contribution in [3.05, 3.63) is 77.7 Å². The molecule has 1 N–H and O–H groups in total. The smallest absolute Gasteiger partial charge is 0.140 e. The summed E-state index contributed by atoms with van der Waals surface area (Å²) in [7, 11) is 0. The van der Waals surface area contributed by atoms with E-state index < -0.39 is 0 Å². The highest BCUT2D eigenvalue weighted by Crippen LogP contribution is 2.36. The minimum absolute atomic E-state index is 0.414. The van der Waals surface area contributed by atoms with Crippen molar-refractivity contribution in [2.24, 2.45) is 0 Å². The minimum Gasteiger partial charge on any atom is -0.493 e. The SMILES string of the molecule is CCOc1ccc(C)c2nc(C)cc(Nc3ccc(-c4ccc(C#N)nc4)cc3)c12. The second-order valence-corrected chi connectivity index (χ2v) is 7.09. The van der Waals surface area contributed by atoms with Crippen LogP contribution in [0.25, 0.3) is 22.0 Å². The predicted octanol–water partition coefficient (Wildman–Crippen LogP) is 5.93. The molecule has 4 aromatic rings. The number of pyridine rings is 2. The van der Waals surface area contributed by atoms with Gasteiger partial charge in [0, 0.05) is 23.1 Å². The number of aryl methyl sites for hydroxylation is 2. The van der Waals surface area contributed by atoms with Gasteiger partial charge in [-0.05, 0) is 68.3 Å². The molecule has 5 heteroatoms. The molecular formula is C25H22N4O. The Morgan fingerprint density at radius 1 is 1.00 bits per heavy atom. The first-order valence-corrected chi connectivity index (χ1v) is 9.86. The Balaban J connectivity index is 1.70. The van der Waals surface area contributed by atoms with E-state index in [9.17, 15) is 0 Å². The molecule has 0 aliphatic heterocycles. The van der Waals surface area contributed by atoms with Crippen LogP contribution in [0.5, 0.6) is 5.75 Å². The number of anilines is 2. The summed E-state index contributed by atoms with van der Waals surface area (Å²) in [4.78, 5) is 8.88. The van der Waals surface area contributed by atoms with Crippen molar-refractivity contribution in [3.63, 3.8) is 0 Å². The third-order valence-electron chi connectivity index (χ3n) is 4.93. The first kappa shape index (κ1) is 19.4. The van der Waals surface area contributed by atoms with Gasteiger partial charge in [0.2, 0.25) is 0 Å².